The number of ether oxygens (including phenoxy) is 3. The van der Waals surface area contributed by atoms with Gasteiger partial charge in [0, 0.05) is 20.1 Å². The topological polar surface area (TPSA) is 71.8 Å². The molecule has 0 aromatic carbocycles. The second-order valence-electron chi connectivity index (χ2n) is 4.19. The number of carbonyl (C=O) groups excluding carboxylic acids is 1. The predicted octanol–water partition coefficient (Wildman–Crippen LogP) is 1.39. The number of hydrogen-bond donors (Lipinski definition) is 0. The molecule has 0 spiro atoms. The highest BCUT2D eigenvalue weighted by molar-refractivity contribution is 5.68. The Morgan fingerprint density at radius 1 is 1.78 bits per heavy atom. The molecule has 0 aromatic rings. The quantitative estimate of drug-likeness (QED) is 0.742. The van der Waals surface area contributed by atoms with Gasteiger partial charge in [-0.15, -0.1) is 0 Å². The molecule has 0 saturated carbocycles. The molecule has 0 radical (unpaired) electrons. The van der Waals surface area contributed by atoms with E-state index in [1.807, 2.05) is 6.07 Å². The van der Waals surface area contributed by atoms with Crippen LogP contribution in [-0.4, -0.2) is 43.1 Å². The molecule has 1 amide bonds. The van der Waals surface area contributed by atoms with Crippen LogP contribution in [0, 0.1) is 11.3 Å². The van der Waals surface area contributed by atoms with Crippen molar-refractivity contribution in [2.24, 2.45) is 0 Å². The zero-order chi connectivity index (χ0) is 13.2. The lowest BCUT2D eigenvalue weighted by Gasteiger charge is -2.38. The Labute approximate surface area is 106 Å². The van der Waals surface area contributed by atoms with Gasteiger partial charge < -0.3 is 14.2 Å². The maximum Gasteiger partial charge on any atom is 0.410 e. The fraction of sp³-hybridized carbons (Fsp3) is 0.667. The molecule has 2 aliphatic rings. The van der Waals surface area contributed by atoms with E-state index < -0.39 is 5.79 Å². The molecule has 0 aromatic heterocycles. The summed E-state index contributed by atoms with van der Waals surface area (Å²) in [6, 6.07) is 1.73. The third-order valence-electron chi connectivity index (χ3n) is 3.35. The molecule has 18 heavy (non-hydrogen) atoms. The van der Waals surface area contributed by atoms with Gasteiger partial charge in [-0.05, 0) is 19.4 Å². The lowest BCUT2D eigenvalue weighted by atomic mass is 10.0. The van der Waals surface area contributed by atoms with Crippen molar-refractivity contribution in [1.82, 2.24) is 4.90 Å². The van der Waals surface area contributed by atoms with Crippen molar-refractivity contribution in [1.29, 1.82) is 5.26 Å². The molecule has 0 aliphatic carbocycles. The van der Waals surface area contributed by atoms with Gasteiger partial charge in [-0.25, -0.2) is 4.79 Å². The van der Waals surface area contributed by atoms with Crippen LogP contribution < -0.4 is 0 Å². The molecule has 2 aliphatic heterocycles. The van der Waals surface area contributed by atoms with E-state index in [-0.39, 0.29) is 17.9 Å². The maximum absolute atomic E-state index is 11.8. The minimum atomic E-state index is -0.910. The number of nitriles is 1. The fourth-order valence-corrected chi connectivity index (χ4v) is 2.48. The Bertz CT molecular complexity index is 415. The van der Waals surface area contributed by atoms with E-state index in [1.165, 1.54) is 7.11 Å². The summed E-state index contributed by atoms with van der Waals surface area (Å²) in [5.74, 6) is -0.661. The highest BCUT2D eigenvalue weighted by Crippen LogP contribution is 2.40. The number of fused-ring (bicyclic) bond motifs is 1. The molecule has 1 fully saturated rings. The summed E-state index contributed by atoms with van der Waals surface area (Å²) in [4.78, 5) is 13.4. The highest BCUT2D eigenvalue weighted by atomic mass is 16.7. The zero-order valence-corrected chi connectivity index (χ0v) is 10.5. The van der Waals surface area contributed by atoms with Crippen LogP contribution >= 0.6 is 0 Å². The number of carbonyl (C=O) groups is 1. The summed E-state index contributed by atoms with van der Waals surface area (Å²) in [5.41, 5.74) is 0. The van der Waals surface area contributed by atoms with E-state index in [4.69, 9.17) is 19.5 Å². The third-order valence-corrected chi connectivity index (χ3v) is 3.35. The van der Waals surface area contributed by atoms with Crippen LogP contribution in [0.15, 0.2) is 11.8 Å². The molecule has 2 heterocycles. The van der Waals surface area contributed by atoms with E-state index >= 15 is 0 Å². The van der Waals surface area contributed by atoms with E-state index in [2.05, 4.69) is 0 Å². The van der Waals surface area contributed by atoms with Gasteiger partial charge >= 0.3 is 6.09 Å². The molecule has 2 rings (SSSR count). The van der Waals surface area contributed by atoms with Crippen LogP contribution in [-0.2, 0) is 14.2 Å². The van der Waals surface area contributed by atoms with E-state index in [9.17, 15) is 4.79 Å². The van der Waals surface area contributed by atoms with Gasteiger partial charge in [0.05, 0.1) is 6.61 Å². The minimum Gasteiger partial charge on any atom is -0.450 e. The van der Waals surface area contributed by atoms with Crippen molar-refractivity contribution in [2.45, 2.75) is 31.6 Å². The first-order valence-electron chi connectivity index (χ1n) is 5.94. The van der Waals surface area contributed by atoms with Crippen LogP contribution in [0.4, 0.5) is 4.79 Å². The summed E-state index contributed by atoms with van der Waals surface area (Å²) in [7, 11) is 1.53. The molecule has 6 heteroatoms. The Balaban J connectivity index is 2.21. The molecule has 0 unspecified atom stereocenters. The number of methoxy groups -OCH3 is 1. The van der Waals surface area contributed by atoms with E-state index in [1.54, 1.807) is 17.9 Å². The highest BCUT2D eigenvalue weighted by Gasteiger charge is 2.54. The number of amides is 1. The zero-order valence-electron chi connectivity index (χ0n) is 10.5. The Morgan fingerprint density at radius 3 is 3.17 bits per heavy atom. The second-order valence-corrected chi connectivity index (χ2v) is 4.19. The molecular weight excluding hydrogens is 236 g/mol. The van der Waals surface area contributed by atoms with Gasteiger partial charge in [0.1, 0.15) is 12.1 Å². The van der Waals surface area contributed by atoms with Gasteiger partial charge in [-0.2, -0.15) is 5.26 Å². The van der Waals surface area contributed by atoms with E-state index in [0.717, 1.165) is 0 Å². The van der Waals surface area contributed by atoms with Gasteiger partial charge in [0.15, 0.2) is 5.76 Å². The van der Waals surface area contributed by atoms with Crippen molar-refractivity contribution < 1.29 is 19.0 Å². The molecule has 98 valence electrons. The maximum atomic E-state index is 11.8. The lowest BCUT2D eigenvalue weighted by molar-refractivity contribution is -0.213. The minimum absolute atomic E-state index is 0.237. The average Bonchev–Trinajstić information content (AvgIpc) is 2.78. The standard InChI is InChI=1S/C12H16N2O4/c1-3-17-11(15)14-7-6-12(16-2)10(14)5-4-9(8-13)18-12/h4,10H,3,5-7H2,1-2H3/t10-,12-/m1/s1. The number of likely N-dealkylation sites (tertiary alicyclic amines) is 1. The van der Waals surface area contributed by atoms with Crippen molar-refractivity contribution >= 4 is 6.09 Å². The van der Waals surface area contributed by atoms with E-state index in [0.29, 0.717) is 26.0 Å². The van der Waals surface area contributed by atoms with Crippen LogP contribution in [0.25, 0.3) is 0 Å². The number of rotatable bonds is 2. The third kappa shape index (κ3) is 1.91. The fourth-order valence-electron chi connectivity index (χ4n) is 2.48. The predicted molar refractivity (Wildman–Crippen MR) is 61.3 cm³/mol. The first-order chi connectivity index (χ1) is 8.66. The van der Waals surface area contributed by atoms with Crippen LogP contribution in [0.1, 0.15) is 19.8 Å². The molecule has 0 bridgehead atoms. The Hall–Kier alpha value is -1.74. The van der Waals surface area contributed by atoms with Crippen molar-refractivity contribution in [3.63, 3.8) is 0 Å². The normalized spacial score (nSPS) is 29.9. The van der Waals surface area contributed by atoms with Crippen LogP contribution in [0.2, 0.25) is 0 Å². The van der Waals surface area contributed by atoms with Crippen molar-refractivity contribution in [3.8, 4) is 6.07 Å². The SMILES string of the molecule is CCOC(=O)N1CC[C@@]2(OC)OC(C#N)=CC[C@@H]12. The number of allylic oxidation sites excluding steroid dienone is 1. The smallest absolute Gasteiger partial charge is 0.410 e. The van der Waals surface area contributed by atoms with Gasteiger partial charge in [-0.3, -0.25) is 4.90 Å². The van der Waals surface area contributed by atoms with Crippen molar-refractivity contribution in [3.05, 3.63) is 11.8 Å². The Kier molecular flexibility index (Phi) is 3.43. The van der Waals surface area contributed by atoms with Crippen molar-refractivity contribution in [2.75, 3.05) is 20.3 Å². The first-order valence-corrected chi connectivity index (χ1v) is 5.94. The average molecular weight is 252 g/mol. The lowest BCUT2D eigenvalue weighted by Crippen LogP contribution is -2.51. The molecule has 0 N–H and O–H groups in total. The monoisotopic (exact) mass is 252 g/mol. The van der Waals surface area contributed by atoms with Crippen LogP contribution in [0.3, 0.4) is 0 Å². The summed E-state index contributed by atoms with van der Waals surface area (Å²) in [5, 5.41) is 8.88. The molecular formula is C12H16N2O4. The number of nitrogens with zero attached hydrogens (tertiary/aromatic N) is 2. The summed E-state index contributed by atoms with van der Waals surface area (Å²) >= 11 is 0. The second kappa shape index (κ2) is 4.86. The summed E-state index contributed by atoms with van der Waals surface area (Å²) < 4.78 is 16.0. The molecule has 1 saturated heterocycles. The summed E-state index contributed by atoms with van der Waals surface area (Å²) in [6.45, 7) is 2.61. The first kappa shape index (κ1) is 12.7. The Morgan fingerprint density at radius 2 is 2.56 bits per heavy atom. The van der Waals surface area contributed by atoms with Gasteiger partial charge in [0.25, 0.3) is 0 Å². The van der Waals surface area contributed by atoms with Gasteiger partial charge in [-0.1, -0.05) is 0 Å². The summed E-state index contributed by atoms with van der Waals surface area (Å²) in [6.07, 6.45) is 2.39. The van der Waals surface area contributed by atoms with Gasteiger partial charge in [0.2, 0.25) is 5.79 Å². The number of hydrogen-bond acceptors (Lipinski definition) is 5. The molecule has 2 atom stereocenters. The van der Waals surface area contributed by atoms with Crippen LogP contribution in [0.5, 0.6) is 0 Å². The molecule has 6 nitrogen and oxygen atoms in total. The largest absolute Gasteiger partial charge is 0.450 e.